The molecule has 2 amide bonds. The second-order valence-corrected chi connectivity index (χ2v) is 5.55. The molecule has 0 spiro atoms. The summed E-state index contributed by atoms with van der Waals surface area (Å²) in [6.45, 7) is 0. The fourth-order valence-corrected chi connectivity index (χ4v) is 2.46. The molecule has 1 aliphatic rings. The third-order valence-corrected chi connectivity index (χ3v) is 3.44. The van der Waals surface area contributed by atoms with Crippen LogP contribution in [0, 0.1) is 0 Å². The van der Waals surface area contributed by atoms with Crippen molar-refractivity contribution in [3.8, 4) is 0 Å². The van der Waals surface area contributed by atoms with Gasteiger partial charge in [-0.25, -0.2) is 4.90 Å². The quantitative estimate of drug-likeness (QED) is 0.389. The minimum atomic E-state index is -1.61. The molecular formula is C11H9Cl2NO3S2. The lowest BCUT2D eigenvalue weighted by atomic mass is 10.1. The smallest absolute Gasteiger partial charge is 0.257 e. The van der Waals surface area contributed by atoms with Crippen LogP contribution in [-0.4, -0.2) is 22.8 Å². The van der Waals surface area contributed by atoms with Gasteiger partial charge in [-0.05, 0) is 18.2 Å². The molecule has 1 atom stereocenters. The van der Waals surface area contributed by atoms with Gasteiger partial charge in [0.05, 0.1) is 12.1 Å². The number of hydrogen-bond donors (Lipinski definition) is 1. The van der Waals surface area contributed by atoms with Crippen LogP contribution in [0.1, 0.15) is 6.42 Å². The van der Waals surface area contributed by atoms with Gasteiger partial charge in [0.2, 0.25) is 5.91 Å². The number of benzene rings is 1. The first-order valence-corrected chi connectivity index (χ1v) is 6.10. The van der Waals surface area contributed by atoms with Gasteiger partial charge < -0.3 is 4.79 Å². The highest BCUT2D eigenvalue weighted by molar-refractivity contribution is 7.83. The summed E-state index contributed by atoms with van der Waals surface area (Å²) in [5, 5.41) is 0.585. The molecule has 1 heterocycles. The van der Waals surface area contributed by atoms with Crippen LogP contribution < -0.4 is 4.90 Å². The highest BCUT2D eigenvalue weighted by Crippen LogP contribution is 2.34. The van der Waals surface area contributed by atoms with E-state index in [1.54, 1.807) is 0 Å². The molecule has 1 unspecified atom stereocenters. The van der Waals surface area contributed by atoms with Crippen LogP contribution in [0.2, 0.25) is 10.0 Å². The molecule has 0 radical (unpaired) electrons. The molecule has 1 aromatic carbocycles. The standard InChI is InChI=1S/C11H7Cl2NO3S.H2S/c12-6-1-7(13)3-8(2-6)14-9(16)4-11(18,5-15)10(14)17;/h1-3,5,18H,4H2;1H2. The van der Waals surface area contributed by atoms with Crippen LogP contribution in [0.25, 0.3) is 0 Å². The van der Waals surface area contributed by atoms with E-state index >= 15 is 0 Å². The van der Waals surface area contributed by atoms with Crippen molar-refractivity contribution in [2.45, 2.75) is 11.2 Å². The third-order valence-electron chi connectivity index (χ3n) is 2.54. The molecular weight excluding hydrogens is 329 g/mol. The molecule has 102 valence electrons. The molecule has 0 aromatic heterocycles. The van der Waals surface area contributed by atoms with E-state index < -0.39 is 16.6 Å². The maximum Gasteiger partial charge on any atom is 0.257 e. The number of carbonyl (C=O) groups is 3. The minimum Gasteiger partial charge on any atom is -0.301 e. The van der Waals surface area contributed by atoms with E-state index in [0.717, 1.165) is 4.90 Å². The maximum absolute atomic E-state index is 12.0. The van der Waals surface area contributed by atoms with E-state index in [9.17, 15) is 14.4 Å². The van der Waals surface area contributed by atoms with Crippen molar-refractivity contribution in [2.75, 3.05) is 4.90 Å². The topological polar surface area (TPSA) is 54.5 Å². The van der Waals surface area contributed by atoms with E-state index in [1.165, 1.54) is 18.2 Å². The Kier molecular flexibility index (Phi) is 4.95. The number of rotatable bonds is 2. The van der Waals surface area contributed by atoms with E-state index in [-0.39, 0.29) is 25.6 Å². The van der Waals surface area contributed by atoms with Crippen molar-refractivity contribution in [3.05, 3.63) is 28.2 Å². The number of amides is 2. The lowest BCUT2D eigenvalue weighted by Gasteiger charge is -2.17. The van der Waals surface area contributed by atoms with Crippen LogP contribution in [0.3, 0.4) is 0 Å². The van der Waals surface area contributed by atoms with Gasteiger partial charge in [-0.1, -0.05) is 23.2 Å². The van der Waals surface area contributed by atoms with Crippen molar-refractivity contribution in [1.82, 2.24) is 0 Å². The molecule has 0 N–H and O–H groups in total. The summed E-state index contributed by atoms with van der Waals surface area (Å²) >= 11 is 15.6. The fraction of sp³-hybridized carbons (Fsp3) is 0.182. The highest BCUT2D eigenvalue weighted by atomic mass is 35.5. The molecule has 8 heteroatoms. The van der Waals surface area contributed by atoms with Crippen molar-refractivity contribution < 1.29 is 14.4 Å². The maximum atomic E-state index is 12.0. The molecule has 2 rings (SSSR count). The third kappa shape index (κ3) is 2.91. The van der Waals surface area contributed by atoms with Gasteiger partial charge in [0.25, 0.3) is 5.91 Å². The Morgan fingerprint density at radius 2 is 1.74 bits per heavy atom. The number of imide groups is 1. The predicted octanol–water partition coefficient (Wildman–Crippen LogP) is 2.24. The first-order valence-electron chi connectivity index (χ1n) is 4.89. The van der Waals surface area contributed by atoms with E-state index in [4.69, 9.17) is 23.2 Å². The summed E-state index contributed by atoms with van der Waals surface area (Å²) < 4.78 is -1.61. The highest BCUT2D eigenvalue weighted by Gasteiger charge is 2.50. The van der Waals surface area contributed by atoms with E-state index in [2.05, 4.69) is 12.6 Å². The molecule has 19 heavy (non-hydrogen) atoms. The van der Waals surface area contributed by atoms with Crippen LogP contribution in [0.15, 0.2) is 18.2 Å². The summed E-state index contributed by atoms with van der Waals surface area (Å²) in [7, 11) is 0. The van der Waals surface area contributed by atoms with E-state index in [1.807, 2.05) is 0 Å². The molecule has 1 aliphatic heterocycles. The van der Waals surface area contributed by atoms with Crippen molar-refractivity contribution in [3.63, 3.8) is 0 Å². The summed E-state index contributed by atoms with van der Waals surface area (Å²) in [4.78, 5) is 35.5. The lowest BCUT2D eigenvalue weighted by Crippen LogP contribution is -2.37. The lowest BCUT2D eigenvalue weighted by molar-refractivity contribution is -0.123. The first-order chi connectivity index (χ1) is 8.37. The Labute approximate surface area is 131 Å². The second kappa shape index (κ2) is 5.75. The van der Waals surface area contributed by atoms with Gasteiger partial charge in [0, 0.05) is 10.0 Å². The van der Waals surface area contributed by atoms with Crippen molar-refractivity contribution in [1.29, 1.82) is 0 Å². The fourth-order valence-electron chi connectivity index (χ4n) is 1.71. The summed E-state index contributed by atoms with van der Waals surface area (Å²) in [5.74, 6) is -1.20. The van der Waals surface area contributed by atoms with Crippen LogP contribution in [0.5, 0.6) is 0 Å². The largest absolute Gasteiger partial charge is 0.301 e. The van der Waals surface area contributed by atoms with Crippen LogP contribution in [0.4, 0.5) is 5.69 Å². The summed E-state index contributed by atoms with van der Waals surface area (Å²) in [5.41, 5.74) is 0.236. The van der Waals surface area contributed by atoms with Gasteiger partial charge in [-0.15, -0.1) is 0 Å². The number of thiol groups is 1. The van der Waals surface area contributed by atoms with Crippen molar-refractivity contribution >= 4 is 73.1 Å². The average molecular weight is 338 g/mol. The molecule has 0 aliphatic carbocycles. The van der Waals surface area contributed by atoms with Gasteiger partial charge in [-0.3, -0.25) is 9.59 Å². The Morgan fingerprint density at radius 1 is 1.21 bits per heavy atom. The van der Waals surface area contributed by atoms with Crippen LogP contribution >= 0.6 is 49.3 Å². The monoisotopic (exact) mass is 337 g/mol. The molecule has 1 aromatic rings. The normalized spacial score (nSPS) is 22.4. The predicted molar refractivity (Wildman–Crippen MR) is 81.7 cm³/mol. The number of anilines is 1. The molecule has 4 nitrogen and oxygen atoms in total. The Hall–Kier alpha value is -0.690. The van der Waals surface area contributed by atoms with Crippen LogP contribution in [-0.2, 0) is 14.4 Å². The SMILES string of the molecule is O=CC1(S)CC(=O)N(c2cc(Cl)cc(Cl)c2)C1=O.S. The summed E-state index contributed by atoms with van der Waals surface area (Å²) in [6, 6.07) is 4.33. The Balaban J connectivity index is 0.00000180. The second-order valence-electron chi connectivity index (χ2n) is 3.88. The van der Waals surface area contributed by atoms with E-state index in [0.29, 0.717) is 16.3 Å². The number of nitrogens with zero attached hydrogens (tertiary/aromatic N) is 1. The number of aldehydes is 1. The molecule has 1 fully saturated rings. The minimum absolute atomic E-state index is 0. The Bertz CT molecular complexity index is 547. The zero-order valence-corrected chi connectivity index (χ0v) is 12.8. The first kappa shape index (κ1) is 16.4. The van der Waals surface area contributed by atoms with Gasteiger partial charge in [0.15, 0.2) is 4.75 Å². The molecule has 0 saturated carbocycles. The zero-order chi connectivity index (χ0) is 13.5. The summed E-state index contributed by atoms with van der Waals surface area (Å²) in [6.07, 6.45) is 0.0884. The molecule has 1 saturated heterocycles. The number of halogens is 2. The van der Waals surface area contributed by atoms with Gasteiger partial charge in [0.1, 0.15) is 6.29 Å². The number of hydrogen-bond acceptors (Lipinski definition) is 4. The van der Waals surface area contributed by atoms with Gasteiger partial charge in [-0.2, -0.15) is 26.1 Å². The zero-order valence-electron chi connectivity index (χ0n) is 9.39. The number of carbonyl (C=O) groups excluding carboxylic acids is 3. The molecule has 0 bridgehead atoms. The average Bonchev–Trinajstić information content (AvgIpc) is 2.49. The van der Waals surface area contributed by atoms with Crippen molar-refractivity contribution in [2.24, 2.45) is 0 Å². The van der Waals surface area contributed by atoms with Gasteiger partial charge >= 0.3 is 0 Å². The Morgan fingerprint density at radius 3 is 2.16 bits per heavy atom.